The van der Waals surface area contributed by atoms with E-state index in [0.717, 1.165) is 5.52 Å². The van der Waals surface area contributed by atoms with E-state index in [0.29, 0.717) is 5.41 Å². The largest absolute Gasteiger partial charge is 0.248 e. The molecule has 20 heavy (non-hydrogen) atoms. The molecule has 0 saturated carbocycles. The predicted octanol–water partition coefficient (Wildman–Crippen LogP) is 5.49. The molecule has 0 spiro atoms. The van der Waals surface area contributed by atoms with Gasteiger partial charge in [0.1, 0.15) is 0 Å². The minimum atomic E-state index is 0.310. The predicted molar refractivity (Wildman–Crippen MR) is 86.9 cm³/mol. The Bertz CT molecular complexity index is 633. The highest BCUT2D eigenvalue weighted by molar-refractivity contribution is 5.81. The molecule has 0 N–H and O–H groups in total. The van der Waals surface area contributed by atoms with Crippen LogP contribution in [0.1, 0.15) is 57.2 Å². The number of pyridine rings is 1. The first-order valence-corrected chi connectivity index (χ1v) is 7.86. The second-order valence-electron chi connectivity index (χ2n) is 6.00. The summed E-state index contributed by atoms with van der Waals surface area (Å²) in [7, 11) is 0. The van der Waals surface area contributed by atoms with Crippen LogP contribution in [-0.4, -0.2) is 4.98 Å². The summed E-state index contributed by atoms with van der Waals surface area (Å²) in [6, 6.07) is 10.9. The van der Waals surface area contributed by atoms with Crippen molar-refractivity contribution in [2.24, 2.45) is 0 Å². The molecule has 0 atom stereocenters. The maximum absolute atomic E-state index is 4.89. The maximum Gasteiger partial charge on any atom is 0.0709 e. The van der Waals surface area contributed by atoms with Crippen molar-refractivity contribution in [2.45, 2.75) is 51.4 Å². The number of hydrogen-bond acceptors (Lipinski definition) is 1. The summed E-state index contributed by atoms with van der Waals surface area (Å²) >= 11 is 0. The molecule has 1 aliphatic carbocycles. The smallest absolute Gasteiger partial charge is 0.0709 e. The van der Waals surface area contributed by atoms with Crippen LogP contribution in [0.15, 0.2) is 36.4 Å². The van der Waals surface area contributed by atoms with Gasteiger partial charge in [-0.25, -0.2) is 4.98 Å². The van der Waals surface area contributed by atoms with Gasteiger partial charge in [-0.15, -0.1) is 0 Å². The van der Waals surface area contributed by atoms with E-state index in [-0.39, 0.29) is 0 Å². The van der Waals surface area contributed by atoms with Crippen molar-refractivity contribution in [1.82, 2.24) is 4.98 Å². The fraction of sp³-hybridized carbons (Fsp3) is 0.421. The summed E-state index contributed by atoms with van der Waals surface area (Å²) in [5.41, 5.74) is 4.09. The van der Waals surface area contributed by atoms with Crippen LogP contribution in [0.25, 0.3) is 17.0 Å². The molecule has 0 fully saturated rings. The lowest BCUT2D eigenvalue weighted by molar-refractivity contribution is 0.355. The highest BCUT2D eigenvalue weighted by Gasteiger charge is 2.33. The van der Waals surface area contributed by atoms with E-state index in [1.165, 1.54) is 48.7 Å². The molecular formula is C19H23N. The molecule has 1 aromatic carbocycles. The number of aromatic nitrogens is 1. The molecule has 0 unspecified atom stereocenters. The van der Waals surface area contributed by atoms with E-state index in [1.54, 1.807) is 0 Å². The van der Waals surface area contributed by atoms with Crippen LogP contribution >= 0.6 is 0 Å². The maximum atomic E-state index is 4.89. The Morgan fingerprint density at radius 3 is 2.60 bits per heavy atom. The van der Waals surface area contributed by atoms with Crippen LogP contribution in [-0.2, 0) is 5.41 Å². The molecule has 1 nitrogen and oxygen atoms in total. The first-order valence-electron chi connectivity index (χ1n) is 7.86. The zero-order valence-electron chi connectivity index (χ0n) is 12.5. The van der Waals surface area contributed by atoms with E-state index in [4.69, 9.17) is 4.98 Å². The van der Waals surface area contributed by atoms with Gasteiger partial charge in [0.2, 0.25) is 0 Å². The van der Waals surface area contributed by atoms with Crippen molar-refractivity contribution in [3.8, 4) is 0 Å². The minimum Gasteiger partial charge on any atom is -0.248 e. The van der Waals surface area contributed by atoms with Gasteiger partial charge in [-0.2, -0.15) is 0 Å². The Labute approximate surface area is 121 Å². The Hall–Kier alpha value is -1.63. The Morgan fingerprint density at radius 1 is 1.10 bits per heavy atom. The number of allylic oxidation sites excluding steroid dienone is 1. The molecule has 1 aliphatic rings. The quantitative estimate of drug-likeness (QED) is 0.712. The summed E-state index contributed by atoms with van der Waals surface area (Å²) in [5, 5.41) is 1.28. The molecule has 0 aliphatic heterocycles. The molecule has 104 valence electrons. The van der Waals surface area contributed by atoms with Crippen LogP contribution in [0.2, 0.25) is 0 Å². The third kappa shape index (κ3) is 2.15. The number of fused-ring (bicyclic) bond motifs is 2. The SMILES string of the molecule is CCCC1(CCC)CC=Cc2nc3ccccc3cc21. The van der Waals surface area contributed by atoms with Gasteiger partial charge in [-0.05, 0) is 43.0 Å². The molecule has 0 amide bonds. The van der Waals surface area contributed by atoms with Gasteiger partial charge in [0.15, 0.2) is 0 Å². The molecule has 0 bridgehead atoms. The van der Waals surface area contributed by atoms with Crippen LogP contribution in [0.3, 0.4) is 0 Å². The lowest BCUT2D eigenvalue weighted by Crippen LogP contribution is -2.28. The second kappa shape index (κ2) is 5.40. The van der Waals surface area contributed by atoms with Crippen molar-refractivity contribution in [3.05, 3.63) is 47.7 Å². The van der Waals surface area contributed by atoms with E-state index in [2.05, 4.69) is 56.3 Å². The standard InChI is InChI=1S/C19H23N/c1-3-11-19(12-4-2)13-7-10-18-16(19)14-15-8-5-6-9-17(15)20-18/h5-10,14H,3-4,11-13H2,1-2H3. The van der Waals surface area contributed by atoms with Gasteiger partial charge in [-0.1, -0.05) is 51.0 Å². The molecule has 1 heterocycles. The monoisotopic (exact) mass is 265 g/mol. The second-order valence-corrected chi connectivity index (χ2v) is 6.00. The summed E-state index contributed by atoms with van der Waals surface area (Å²) in [5.74, 6) is 0. The van der Waals surface area contributed by atoms with Gasteiger partial charge in [0, 0.05) is 10.8 Å². The highest BCUT2D eigenvalue weighted by Crippen LogP contribution is 2.43. The van der Waals surface area contributed by atoms with E-state index in [1.807, 2.05) is 0 Å². The van der Waals surface area contributed by atoms with Crippen LogP contribution in [0, 0.1) is 0 Å². The molecule has 2 aromatic rings. The summed E-state index contributed by atoms with van der Waals surface area (Å²) in [4.78, 5) is 4.89. The van der Waals surface area contributed by atoms with Gasteiger partial charge in [-0.3, -0.25) is 0 Å². The van der Waals surface area contributed by atoms with Gasteiger partial charge < -0.3 is 0 Å². The number of rotatable bonds is 4. The van der Waals surface area contributed by atoms with Crippen molar-refractivity contribution in [2.75, 3.05) is 0 Å². The third-order valence-corrected chi connectivity index (χ3v) is 4.57. The summed E-state index contributed by atoms with van der Waals surface area (Å²) in [6.45, 7) is 4.59. The summed E-state index contributed by atoms with van der Waals surface area (Å²) < 4.78 is 0. The van der Waals surface area contributed by atoms with Gasteiger partial charge in [0.05, 0.1) is 11.2 Å². The first kappa shape index (κ1) is 13.4. The molecule has 0 saturated heterocycles. The summed E-state index contributed by atoms with van der Waals surface area (Å²) in [6.07, 6.45) is 10.7. The molecule has 0 radical (unpaired) electrons. The zero-order valence-corrected chi connectivity index (χ0v) is 12.5. The van der Waals surface area contributed by atoms with Gasteiger partial charge >= 0.3 is 0 Å². The molecular weight excluding hydrogens is 242 g/mol. The average molecular weight is 265 g/mol. The zero-order chi connectivity index (χ0) is 14.0. The first-order chi connectivity index (χ1) is 9.79. The van der Waals surface area contributed by atoms with Crippen molar-refractivity contribution in [3.63, 3.8) is 0 Å². The number of nitrogens with zero attached hydrogens (tertiary/aromatic N) is 1. The lowest BCUT2D eigenvalue weighted by atomic mass is 9.68. The van der Waals surface area contributed by atoms with E-state index < -0.39 is 0 Å². The topological polar surface area (TPSA) is 12.9 Å². The number of benzene rings is 1. The number of hydrogen-bond donors (Lipinski definition) is 0. The van der Waals surface area contributed by atoms with E-state index in [9.17, 15) is 0 Å². The van der Waals surface area contributed by atoms with Crippen LogP contribution in [0.5, 0.6) is 0 Å². The minimum absolute atomic E-state index is 0.310. The normalized spacial score (nSPS) is 16.3. The van der Waals surface area contributed by atoms with Gasteiger partial charge in [0.25, 0.3) is 0 Å². The average Bonchev–Trinajstić information content (AvgIpc) is 2.46. The van der Waals surface area contributed by atoms with Crippen molar-refractivity contribution >= 4 is 17.0 Å². The Morgan fingerprint density at radius 2 is 1.85 bits per heavy atom. The lowest BCUT2D eigenvalue weighted by Gasteiger charge is -2.36. The number of para-hydroxylation sites is 1. The molecule has 1 heteroatoms. The Balaban J connectivity index is 2.19. The fourth-order valence-corrected chi connectivity index (χ4v) is 3.74. The van der Waals surface area contributed by atoms with E-state index >= 15 is 0 Å². The van der Waals surface area contributed by atoms with Crippen molar-refractivity contribution < 1.29 is 0 Å². The van der Waals surface area contributed by atoms with Crippen LogP contribution < -0.4 is 0 Å². The molecule has 1 aromatic heterocycles. The van der Waals surface area contributed by atoms with Crippen molar-refractivity contribution in [1.29, 1.82) is 0 Å². The highest BCUT2D eigenvalue weighted by atomic mass is 14.7. The third-order valence-electron chi connectivity index (χ3n) is 4.57. The molecule has 3 rings (SSSR count). The van der Waals surface area contributed by atoms with Crippen LogP contribution in [0.4, 0.5) is 0 Å². The Kier molecular flexibility index (Phi) is 3.60. The fourth-order valence-electron chi connectivity index (χ4n) is 3.74.